The second-order valence-corrected chi connectivity index (χ2v) is 12.7. The molecule has 0 radical (unpaired) electrons. The highest BCUT2D eigenvalue weighted by Crippen LogP contribution is 2.52. The number of hydrogen-bond donors (Lipinski definition) is 0. The molecule has 3 nitrogen and oxygen atoms in total. The van der Waals surface area contributed by atoms with Crippen LogP contribution in [0.15, 0.2) is 174 Å². The highest BCUT2D eigenvalue weighted by Gasteiger charge is 2.25. The average Bonchev–Trinajstić information content (AvgIpc) is 3.16. The lowest BCUT2D eigenvalue weighted by Crippen LogP contribution is -2.02. The number of aromatic nitrogens is 3. The minimum atomic E-state index is 0.655. The average molecular weight is 618 g/mol. The molecule has 0 unspecified atom stereocenters. The third-order valence-corrected chi connectivity index (χ3v) is 9.97. The van der Waals surface area contributed by atoms with Crippen LogP contribution < -0.4 is 0 Å². The Morgan fingerprint density at radius 3 is 1.53 bits per heavy atom. The zero-order valence-electron chi connectivity index (χ0n) is 25.3. The molecule has 220 valence electrons. The zero-order chi connectivity index (χ0) is 31.2. The van der Waals surface area contributed by atoms with Crippen molar-refractivity contribution in [2.45, 2.75) is 9.79 Å². The number of fused-ring (bicyclic) bond motifs is 2. The smallest absolute Gasteiger partial charge is 0.165 e. The van der Waals surface area contributed by atoms with Crippen molar-refractivity contribution in [3.05, 3.63) is 164 Å². The van der Waals surface area contributed by atoms with Gasteiger partial charge in [-0.3, -0.25) is 0 Å². The first kappa shape index (κ1) is 27.5. The molecule has 47 heavy (non-hydrogen) atoms. The summed E-state index contributed by atoms with van der Waals surface area (Å²) in [5.41, 5.74) is 10.2. The Morgan fingerprint density at radius 1 is 0.319 bits per heavy atom. The van der Waals surface area contributed by atoms with Gasteiger partial charge in [-0.2, -0.15) is 0 Å². The van der Waals surface area contributed by atoms with Crippen LogP contribution in [0.2, 0.25) is 0 Å². The van der Waals surface area contributed by atoms with Gasteiger partial charge in [-0.15, -0.1) is 0 Å². The summed E-state index contributed by atoms with van der Waals surface area (Å²) in [7, 11) is 0. The summed E-state index contributed by atoms with van der Waals surface area (Å²) >= 11 is 1.80. The third kappa shape index (κ3) is 4.91. The summed E-state index contributed by atoms with van der Waals surface area (Å²) in [5.74, 6) is 1.98. The van der Waals surface area contributed by atoms with E-state index >= 15 is 0 Å². The molecule has 1 aliphatic heterocycles. The first-order valence-electron chi connectivity index (χ1n) is 15.7. The van der Waals surface area contributed by atoms with E-state index in [-0.39, 0.29) is 0 Å². The molecule has 4 heteroatoms. The molecule has 0 spiro atoms. The van der Waals surface area contributed by atoms with Crippen LogP contribution in [0.25, 0.3) is 78.3 Å². The maximum absolute atomic E-state index is 5.13. The van der Waals surface area contributed by atoms with E-state index < -0.39 is 0 Å². The fourth-order valence-electron chi connectivity index (χ4n) is 6.48. The zero-order valence-corrected chi connectivity index (χ0v) is 26.2. The van der Waals surface area contributed by atoms with Crippen LogP contribution in [-0.4, -0.2) is 15.0 Å². The monoisotopic (exact) mass is 617 g/mol. The van der Waals surface area contributed by atoms with E-state index in [2.05, 4.69) is 140 Å². The molecule has 1 aliphatic rings. The highest BCUT2D eigenvalue weighted by molar-refractivity contribution is 8.00. The maximum atomic E-state index is 5.13. The van der Waals surface area contributed by atoms with E-state index in [1.807, 2.05) is 24.3 Å². The molecule has 8 aromatic rings. The van der Waals surface area contributed by atoms with Crippen LogP contribution in [0.1, 0.15) is 0 Å². The van der Waals surface area contributed by atoms with Gasteiger partial charge in [0.15, 0.2) is 17.5 Å². The Morgan fingerprint density at radius 2 is 0.830 bits per heavy atom. The van der Waals surface area contributed by atoms with Gasteiger partial charge in [0.05, 0.1) is 0 Å². The summed E-state index contributed by atoms with van der Waals surface area (Å²) in [6.07, 6.45) is 0. The Labute approximate surface area is 277 Å². The molecule has 0 atom stereocenters. The molecule has 0 saturated carbocycles. The van der Waals surface area contributed by atoms with Gasteiger partial charge in [0.25, 0.3) is 0 Å². The molecule has 0 fully saturated rings. The predicted octanol–water partition coefficient (Wildman–Crippen LogP) is 11.5. The van der Waals surface area contributed by atoms with Crippen molar-refractivity contribution in [2.75, 3.05) is 0 Å². The van der Waals surface area contributed by atoms with Crippen LogP contribution >= 0.6 is 11.8 Å². The lowest BCUT2D eigenvalue weighted by Gasteiger charge is -2.23. The van der Waals surface area contributed by atoms with Crippen LogP contribution in [0.5, 0.6) is 0 Å². The number of rotatable bonds is 5. The number of benzene rings is 7. The van der Waals surface area contributed by atoms with Crippen LogP contribution in [0, 0.1) is 0 Å². The molecule has 0 bridgehead atoms. The fraction of sp³-hybridized carbons (Fsp3) is 0. The molecule has 0 N–H and O–H groups in total. The van der Waals surface area contributed by atoms with Crippen molar-refractivity contribution in [3.63, 3.8) is 0 Å². The van der Waals surface area contributed by atoms with E-state index in [1.165, 1.54) is 43.5 Å². The molecular formula is C43H27N3S. The number of nitrogens with zero attached hydrogens (tertiary/aromatic N) is 3. The molecule has 0 aliphatic carbocycles. The summed E-state index contributed by atoms with van der Waals surface area (Å²) < 4.78 is 0. The third-order valence-electron chi connectivity index (χ3n) is 8.76. The van der Waals surface area contributed by atoms with Gasteiger partial charge in [0.1, 0.15) is 0 Å². The van der Waals surface area contributed by atoms with Crippen LogP contribution in [-0.2, 0) is 0 Å². The quantitative estimate of drug-likeness (QED) is 0.193. The highest BCUT2D eigenvalue weighted by atomic mass is 32.2. The topological polar surface area (TPSA) is 38.7 Å². The van der Waals surface area contributed by atoms with Crippen molar-refractivity contribution >= 4 is 22.5 Å². The van der Waals surface area contributed by atoms with Crippen molar-refractivity contribution in [3.8, 4) is 67.5 Å². The molecule has 1 aromatic heterocycles. The van der Waals surface area contributed by atoms with Gasteiger partial charge in [0, 0.05) is 31.9 Å². The molecule has 9 rings (SSSR count). The Balaban J connectivity index is 1.20. The van der Waals surface area contributed by atoms with Gasteiger partial charge < -0.3 is 0 Å². The van der Waals surface area contributed by atoms with Crippen molar-refractivity contribution in [1.82, 2.24) is 15.0 Å². The molecular weight excluding hydrogens is 591 g/mol. The van der Waals surface area contributed by atoms with E-state index in [9.17, 15) is 0 Å². The molecule has 2 heterocycles. The Kier molecular flexibility index (Phi) is 6.72. The standard InChI is InChI=1S/C43H27N3S/c1-4-12-28(13-5-1)29-22-24-32(25-23-29)42-44-41(31-16-8-3-9-17-31)45-43(46-42)37-21-11-20-36-35-19-10-18-34-33(30-14-6-2-7-15-30)26-27-38(39(34)35)47-40(36)37/h1-27H. The summed E-state index contributed by atoms with van der Waals surface area (Å²) in [5, 5.41) is 2.56. The lowest BCUT2D eigenvalue weighted by atomic mass is 9.92. The van der Waals surface area contributed by atoms with Gasteiger partial charge in [-0.25, -0.2) is 15.0 Å². The maximum Gasteiger partial charge on any atom is 0.165 e. The second kappa shape index (κ2) is 11.5. The lowest BCUT2D eigenvalue weighted by molar-refractivity contribution is 1.07. The predicted molar refractivity (Wildman–Crippen MR) is 194 cm³/mol. The van der Waals surface area contributed by atoms with Gasteiger partial charge in [-0.05, 0) is 50.9 Å². The SMILES string of the molecule is c1ccc(-c2ccc(-c3nc(-c4ccccc4)nc(-c4cccc5c4Sc4ccc(-c6ccccc6)c6cccc-5c46)n3)cc2)cc1. The normalized spacial score (nSPS) is 11.7. The summed E-state index contributed by atoms with van der Waals surface area (Å²) in [6, 6.07) is 57.4. The van der Waals surface area contributed by atoms with Crippen molar-refractivity contribution in [2.24, 2.45) is 0 Å². The van der Waals surface area contributed by atoms with Gasteiger partial charge in [-0.1, -0.05) is 163 Å². The fourth-order valence-corrected chi connectivity index (χ4v) is 7.72. The largest absolute Gasteiger partial charge is 0.208 e. The van der Waals surface area contributed by atoms with E-state index in [4.69, 9.17) is 15.0 Å². The minimum absolute atomic E-state index is 0.655. The van der Waals surface area contributed by atoms with Crippen molar-refractivity contribution in [1.29, 1.82) is 0 Å². The Bertz CT molecular complexity index is 2410. The van der Waals surface area contributed by atoms with E-state index in [1.54, 1.807) is 11.8 Å². The van der Waals surface area contributed by atoms with Crippen LogP contribution in [0.4, 0.5) is 0 Å². The van der Waals surface area contributed by atoms with Crippen molar-refractivity contribution < 1.29 is 0 Å². The van der Waals surface area contributed by atoms with Gasteiger partial charge >= 0.3 is 0 Å². The summed E-state index contributed by atoms with van der Waals surface area (Å²) in [4.78, 5) is 17.6. The Hall–Kier alpha value is -5.84. The van der Waals surface area contributed by atoms with E-state index in [0.29, 0.717) is 17.5 Å². The first-order valence-corrected chi connectivity index (χ1v) is 16.5. The van der Waals surface area contributed by atoms with Gasteiger partial charge in [0.2, 0.25) is 0 Å². The number of hydrogen-bond acceptors (Lipinski definition) is 4. The van der Waals surface area contributed by atoms with E-state index in [0.717, 1.165) is 27.1 Å². The second-order valence-electron chi connectivity index (χ2n) is 11.6. The van der Waals surface area contributed by atoms with Crippen LogP contribution in [0.3, 0.4) is 0 Å². The first-order chi connectivity index (χ1) is 23.3. The molecule has 0 amide bonds. The minimum Gasteiger partial charge on any atom is -0.208 e. The molecule has 0 saturated heterocycles. The molecule has 7 aromatic carbocycles. The summed E-state index contributed by atoms with van der Waals surface area (Å²) in [6.45, 7) is 0.